The van der Waals surface area contributed by atoms with E-state index in [1.54, 1.807) is 45.9 Å². The standard InChI is InChI=1S/C15H21NO4/c1-10(13(17)18)12-8-6-5-7-11(12)9-16-14(19)20-15(2,3)4/h5-8,10H,9H2,1-4H3,(H,16,19)(H,17,18)/t10-/m1/s1. The smallest absolute Gasteiger partial charge is 0.407 e. The number of carbonyl (C=O) groups is 2. The van der Waals surface area contributed by atoms with Crippen molar-refractivity contribution < 1.29 is 19.4 Å². The molecule has 5 nitrogen and oxygen atoms in total. The van der Waals surface area contributed by atoms with E-state index in [2.05, 4.69) is 5.32 Å². The van der Waals surface area contributed by atoms with Gasteiger partial charge < -0.3 is 15.2 Å². The molecule has 0 fully saturated rings. The fourth-order valence-corrected chi connectivity index (χ4v) is 1.73. The van der Waals surface area contributed by atoms with Crippen molar-refractivity contribution >= 4 is 12.1 Å². The second kappa shape index (κ2) is 6.41. The summed E-state index contributed by atoms with van der Waals surface area (Å²) in [7, 11) is 0. The number of ether oxygens (including phenoxy) is 1. The van der Waals surface area contributed by atoms with Gasteiger partial charge in [0.1, 0.15) is 5.60 Å². The van der Waals surface area contributed by atoms with Crippen LogP contribution in [0.15, 0.2) is 24.3 Å². The third-order valence-electron chi connectivity index (χ3n) is 2.71. The van der Waals surface area contributed by atoms with Crippen molar-refractivity contribution in [1.82, 2.24) is 5.32 Å². The Bertz CT molecular complexity index is 491. The molecule has 0 saturated carbocycles. The fourth-order valence-electron chi connectivity index (χ4n) is 1.73. The molecule has 1 aromatic rings. The predicted molar refractivity (Wildman–Crippen MR) is 75.6 cm³/mol. The molecule has 0 aliphatic carbocycles. The highest BCUT2D eigenvalue weighted by molar-refractivity contribution is 5.76. The van der Waals surface area contributed by atoms with Crippen LogP contribution < -0.4 is 5.32 Å². The van der Waals surface area contributed by atoms with Gasteiger partial charge in [-0.05, 0) is 38.8 Å². The van der Waals surface area contributed by atoms with Crippen LogP contribution in [0.3, 0.4) is 0 Å². The van der Waals surface area contributed by atoms with Crippen LogP contribution in [0.1, 0.15) is 44.7 Å². The lowest BCUT2D eigenvalue weighted by Crippen LogP contribution is -2.32. The summed E-state index contributed by atoms with van der Waals surface area (Å²) in [5.74, 6) is -1.51. The van der Waals surface area contributed by atoms with Gasteiger partial charge in [-0.1, -0.05) is 24.3 Å². The molecule has 0 unspecified atom stereocenters. The minimum Gasteiger partial charge on any atom is -0.481 e. The van der Waals surface area contributed by atoms with E-state index in [1.165, 1.54) is 0 Å². The van der Waals surface area contributed by atoms with E-state index in [9.17, 15) is 9.59 Å². The monoisotopic (exact) mass is 279 g/mol. The largest absolute Gasteiger partial charge is 0.481 e. The highest BCUT2D eigenvalue weighted by Gasteiger charge is 2.19. The Hall–Kier alpha value is -2.04. The van der Waals surface area contributed by atoms with Crippen molar-refractivity contribution in [3.8, 4) is 0 Å². The second-order valence-corrected chi connectivity index (χ2v) is 5.61. The molecule has 1 rings (SSSR count). The van der Waals surface area contributed by atoms with Gasteiger partial charge in [0, 0.05) is 6.54 Å². The number of benzene rings is 1. The van der Waals surface area contributed by atoms with E-state index in [-0.39, 0.29) is 6.54 Å². The number of rotatable bonds is 4. The molecule has 1 aromatic carbocycles. The lowest BCUT2D eigenvalue weighted by molar-refractivity contribution is -0.138. The molecule has 110 valence electrons. The number of nitrogens with one attached hydrogen (secondary N) is 1. The predicted octanol–water partition coefficient (Wildman–Crippen LogP) is 2.90. The first-order chi connectivity index (χ1) is 9.20. The summed E-state index contributed by atoms with van der Waals surface area (Å²) in [6.07, 6.45) is -0.518. The molecule has 0 heterocycles. The maximum absolute atomic E-state index is 11.6. The van der Waals surface area contributed by atoms with Gasteiger partial charge in [0.25, 0.3) is 0 Å². The van der Waals surface area contributed by atoms with E-state index >= 15 is 0 Å². The van der Waals surface area contributed by atoms with Crippen LogP contribution in [0.2, 0.25) is 0 Å². The number of aliphatic carboxylic acids is 1. The summed E-state index contributed by atoms with van der Waals surface area (Å²) < 4.78 is 5.14. The Labute approximate surface area is 118 Å². The third kappa shape index (κ3) is 4.91. The molecule has 0 aliphatic rings. The SMILES string of the molecule is C[C@@H](C(=O)O)c1ccccc1CNC(=O)OC(C)(C)C. The minimum atomic E-state index is -0.894. The van der Waals surface area contributed by atoms with Gasteiger partial charge in [-0.2, -0.15) is 0 Å². The van der Waals surface area contributed by atoms with Crippen LogP contribution in [0.5, 0.6) is 0 Å². The van der Waals surface area contributed by atoms with E-state index in [4.69, 9.17) is 9.84 Å². The number of amides is 1. The Balaban J connectivity index is 2.74. The number of carbonyl (C=O) groups excluding carboxylic acids is 1. The third-order valence-corrected chi connectivity index (χ3v) is 2.71. The first-order valence-electron chi connectivity index (χ1n) is 6.48. The average molecular weight is 279 g/mol. The van der Waals surface area contributed by atoms with Crippen LogP contribution in [0, 0.1) is 0 Å². The quantitative estimate of drug-likeness (QED) is 0.888. The summed E-state index contributed by atoms with van der Waals surface area (Å²) in [6, 6.07) is 7.15. The summed E-state index contributed by atoms with van der Waals surface area (Å²) >= 11 is 0. The molecule has 0 aromatic heterocycles. The highest BCUT2D eigenvalue weighted by Crippen LogP contribution is 2.20. The lowest BCUT2D eigenvalue weighted by Gasteiger charge is -2.20. The number of hydrogen-bond donors (Lipinski definition) is 2. The van der Waals surface area contributed by atoms with Crippen LogP contribution in [-0.4, -0.2) is 22.8 Å². The zero-order valence-electron chi connectivity index (χ0n) is 12.3. The maximum Gasteiger partial charge on any atom is 0.407 e. The summed E-state index contributed by atoms with van der Waals surface area (Å²) in [4.78, 5) is 22.7. The van der Waals surface area contributed by atoms with Gasteiger partial charge in [-0.15, -0.1) is 0 Å². The normalized spacial score (nSPS) is 12.6. The molecule has 1 atom stereocenters. The van der Waals surface area contributed by atoms with Gasteiger partial charge in [-0.25, -0.2) is 4.79 Å². The minimum absolute atomic E-state index is 0.239. The van der Waals surface area contributed by atoms with Crippen molar-refractivity contribution in [3.05, 3.63) is 35.4 Å². The zero-order valence-corrected chi connectivity index (χ0v) is 12.3. The van der Waals surface area contributed by atoms with Crippen molar-refractivity contribution in [2.45, 2.75) is 45.8 Å². The van der Waals surface area contributed by atoms with Crippen molar-refractivity contribution in [1.29, 1.82) is 0 Å². The number of carboxylic acid groups (broad SMARTS) is 1. The zero-order chi connectivity index (χ0) is 15.3. The number of alkyl carbamates (subject to hydrolysis) is 1. The molecular weight excluding hydrogens is 258 g/mol. The molecular formula is C15H21NO4. The highest BCUT2D eigenvalue weighted by atomic mass is 16.6. The average Bonchev–Trinajstić information content (AvgIpc) is 2.33. The lowest BCUT2D eigenvalue weighted by atomic mass is 9.96. The Kier molecular flexibility index (Phi) is 5.13. The summed E-state index contributed by atoms with van der Waals surface area (Å²) in [5.41, 5.74) is 0.905. The summed E-state index contributed by atoms with van der Waals surface area (Å²) in [5, 5.41) is 11.7. The second-order valence-electron chi connectivity index (χ2n) is 5.61. The number of hydrogen-bond acceptors (Lipinski definition) is 3. The summed E-state index contributed by atoms with van der Waals surface area (Å²) in [6.45, 7) is 7.21. The van der Waals surface area contributed by atoms with Gasteiger partial charge >= 0.3 is 12.1 Å². The van der Waals surface area contributed by atoms with E-state index < -0.39 is 23.6 Å². The molecule has 5 heteroatoms. The number of carboxylic acids is 1. The molecule has 0 spiro atoms. The molecule has 0 saturated heterocycles. The van der Waals surface area contributed by atoms with Gasteiger partial charge in [-0.3, -0.25) is 4.79 Å². The van der Waals surface area contributed by atoms with Gasteiger partial charge in [0.2, 0.25) is 0 Å². The maximum atomic E-state index is 11.6. The molecule has 0 aliphatic heterocycles. The Morgan fingerprint density at radius 2 is 1.90 bits per heavy atom. The molecule has 0 radical (unpaired) electrons. The first-order valence-corrected chi connectivity index (χ1v) is 6.48. The van der Waals surface area contributed by atoms with Crippen molar-refractivity contribution in [3.63, 3.8) is 0 Å². The first kappa shape index (κ1) is 16.0. The molecule has 2 N–H and O–H groups in total. The van der Waals surface area contributed by atoms with E-state index in [0.717, 1.165) is 5.56 Å². The Morgan fingerprint density at radius 1 is 1.30 bits per heavy atom. The van der Waals surface area contributed by atoms with E-state index in [1.807, 2.05) is 6.07 Å². The topological polar surface area (TPSA) is 75.6 Å². The van der Waals surface area contributed by atoms with Crippen LogP contribution in [0.4, 0.5) is 4.79 Å². The van der Waals surface area contributed by atoms with Gasteiger partial charge in [0.05, 0.1) is 5.92 Å². The van der Waals surface area contributed by atoms with E-state index in [0.29, 0.717) is 5.56 Å². The van der Waals surface area contributed by atoms with Gasteiger partial charge in [0.15, 0.2) is 0 Å². The van der Waals surface area contributed by atoms with Crippen molar-refractivity contribution in [2.24, 2.45) is 0 Å². The Morgan fingerprint density at radius 3 is 2.45 bits per heavy atom. The fraction of sp³-hybridized carbons (Fsp3) is 0.467. The van der Waals surface area contributed by atoms with Crippen LogP contribution in [0.25, 0.3) is 0 Å². The van der Waals surface area contributed by atoms with Crippen LogP contribution >= 0.6 is 0 Å². The molecule has 20 heavy (non-hydrogen) atoms. The van der Waals surface area contributed by atoms with Crippen molar-refractivity contribution in [2.75, 3.05) is 0 Å². The molecule has 1 amide bonds. The molecule has 0 bridgehead atoms. The van der Waals surface area contributed by atoms with Crippen LogP contribution in [-0.2, 0) is 16.1 Å².